The maximum Gasteiger partial charge on any atom is 0.239 e. The van der Waals surface area contributed by atoms with E-state index in [2.05, 4.69) is 17.2 Å². The van der Waals surface area contributed by atoms with Gasteiger partial charge in [-0.05, 0) is 25.0 Å². The number of carbonyl (C=O) groups excluding carboxylic acids is 1. The van der Waals surface area contributed by atoms with Crippen LogP contribution in [0.15, 0.2) is 24.5 Å². The van der Waals surface area contributed by atoms with E-state index in [0.29, 0.717) is 0 Å². The molecule has 0 saturated heterocycles. The first kappa shape index (κ1) is 11.7. The highest BCUT2D eigenvalue weighted by Crippen LogP contribution is 2.12. The summed E-state index contributed by atoms with van der Waals surface area (Å²) in [7, 11) is 0. The van der Waals surface area contributed by atoms with Crippen LogP contribution in [-0.4, -0.2) is 16.9 Å². The zero-order valence-electron chi connectivity index (χ0n) is 9.10. The van der Waals surface area contributed by atoms with Crippen molar-refractivity contribution in [1.29, 1.82) is 0 Å². The van der Waals surface area contributed by atoms with Crippen molar-refractivity contribution >= 4 is 5.91 Å². The quantitative estimate of drug-likeness (QED) is 0.756. The summed E-state index contributed by atoms with van der Waals surface area (Å²) in [6.07, 6.45) is 4.28. The smallest absolute Gasteiger partial charge is 0.239 e. The Morgan fingerprint density at radius 2 is 2.40 bits per heavy atom. The molecule has 15 heavy (non-hydrogen) atoms. The topological polar surface area (TPSA) is 68.0 Å². The molecule has 0 aliphatic carbocycles. The number of hydrogen-bond acceptors (Lipinski definition) is 3. The molecule has 1 aromatic heterocycles. The minimum Gasteiger partial charge on any atom is -0.368 e. The average Bonchev–Trinajstić information content (AvgIpc) is 2.26. The van der Waals surface area contributed by atoms with E-state index in [1.54, 1.807) is 18.5 Å². The van der Waals surface area contributed by atoms with Crippen LogP contribution in [-0.2, 0) is 4.79 Å². The number of pyridine rings is 1. The van der Waals surface area contributed by atoms with Crippen molar-refractivity contribution in [3.05, 3.63) is 30.1 Å². The summed E-state index contributed by atoms with van der Waals surface area (Å²) in [5.41, 5.74) is 6.15. The first-order valence-corrected chi connectivity index (χ1v) is 5.10. The Kier molecular flexibility index (Phi) is 4.24. The lowest BCUT2D eigenvalue weighted by Crippen LogP contribution is -2.38. The lowest BCUT2D eigenvalue weighted by molar-refractivity contribution is -0.120. The largest absolute Gasteiger partial charge is 0.368 e. The Hall–Kier alpha value is -1.42. The molecule has 0 aliphatic heterocycles. The van der Waals surface area contributed by atoms with Crippen LogP contribution in [0.3, 0.4) is 0 Å². The predicted molar refractivity (Wildman–Crippen MR) is 59.1 cm³/mol. The van der Waals surface area contributed by atoms with Gasteiger partial charge in [-0.25, -0.2) is 0 Å². The summed E-state index contributed by atoms with van der Waals surface area (Å²) in [5, 5.41) is 3.17. The van der Waals surface area contributed by atoms with Crippen LogP contribution in [0.5, 0.6) is 0 Å². The van der Waals surface area contributed by atoms with E-state index in [1.165, 1.54) is 0 Å². The highest BCUT2D eigenvalue weighted by atomic mass is 16.1. The average molecular weight is 207 g/mol. The number of primary amides is 1. The Labute approximate surface area is 89.9 Å². The molecule has 0 spiro atoms. The molecule has 0 saturated carbocycles. The van der Waals surface area contributed by atoms with Crippen molar-refractivity contribution in [2.24, 2.45) is 5.73 Å². The zero-order valence-corrected chi connectivity index (χ0v) is 9.10. The van der Waals surface area contributed by atoms with Crippen molar-refractivity contribution in [3.8, 4) is 0 Å². The van der Waals surface area contributed by atoms with Crippen molar-refractivity contribution in [2.75, 3.05) is 0 Å². The minimum atomic E-state index is -0.450. The van der Waals surface area contributed by atoms with Gasteiger partial charge in [0.2, 0.25) is 5.91 Å². The number of rotatable bonds is 5. The summed E-state index contributed by atoms with van der Waals surface area (Å²) >= 11 is 0. The SMILES string of the molecule is CCC(C)NC(C(N)=O)c1cccnc1. The number of amides is 1. The highest BCUT2D eigenvalue weighted by Gasteiger charge is 2.18. The Bertz CT molecular complexity index is 313. The molecule has 0 aliphatic rings. The van der Waals surface area contributed by atoms with Gasteiger partial charge in [-0.3, -0.25) is 15.1 Å². The number of aromatic nitrogens is 1. The van der Waals surface area contributed by atoms with Crippen LogP contribution in [0, 0.1) is 0 Å². The van der Waals surface area contributed by atoms with Crippen LogP contribution in [0.4, 0.5) is 0 Å². The summed E-state index contributed by atoms with van der Waals surface area (Å²) < 4.78 is 0. The molecule has 4 nitrogen and oxygen atoms in total. The molecule has 2 atom stereocenters. The molecule has 0 bridgehead atoms. The van der Waals surface area contributed by atoms with Gasteiger partial charge in [0, 0.05) is 18.4 Å². The number of nitrogens with two attached hydrogens (primary N) is 1. The molecule has 1 heterocycles. The molecule has 2 unspecified atom stereocenters. The second kappa shape index (κ2) is 5.46. The van der Waals surface area contributed by atoms with E-state index in [-0.39, 0.29) is 11.9 Å². The molecule has 3 N–H and O–H groups in total. The normalized spacial score (nSPS) is 14.5. The van der Waals surface area contributed by atoms with Gasteiger partial charge in [0.1, 0.15) is 6.04 Å². The van der Waals surface area contributed by atoms with E-state index in [0.717, 1.165) is 12.0 Å². The molecule has 4 heteroatoms. The molecule has 0 fully saturated rings. The number of hydrogen-bond donors (Lipinski definition) is 2. The van der Waals surface area contributed by atoms with E-state index in [9.17, 15) is 4.79 Å². The third-order valence-electron chi connectivity index (χ3n) is 2.37. The fourth-order valence-electron chi connectivity index (χ4n) is 1.29. The fraction of sp³-hybridized carbons (Fsp3) is 0.455. The molecular formula is C11H17N3O. The van der Waals surface area contributed by atoms with Gasteiger partial charge in [0.05, 0.1) is 0 Å². The third-order valence-corrected chi connectivity index (χ3v) is 2.37. The summed E-state index contributed by atoms with van der Waals surface area (Å²) in [4.78, 5) is 15.3. The van der Waals surface area contributed by atoms with E-state index in [4.69, 9.17) is 5.73 Å². The Morgan fingerprint density at radius 1 is 1.67 bits per heavy atom. The summed E-state index contributed by atoms with van der Waals surface area (Å²) in [6.45, 7) is 4.07. The standard InChI is InChI=1S/C11H17N3O/c1-3-8(2)14-10(11(12)15)9-5-4-6-13-7-9/h4-8,10,14H,3H2,1-2H3,(H2,12,15). The van der Waals surface area contributed by atoms with E-state index in [1.807, 2.05) is 13.0 Å². The summed E-state index contributed by atoms with van der Waals surface area (Å²) in [5.74, 6) is -0.372. The van der Waals surface area contributed by atoms with Gasteiger partial charge in [-0.2, -0.15) is 0 Å². The molecule has 1 amide bonds. The van der Waals surface area contributed by atoms with Crippen LogP contribution < -0.4 is 11.1 Å². The van der Waals surface area contributed by atoms with E-state index < -0.39 is 6.04 Å². The van der Waals surface area contributed by atoms with Gasteiger partial charge in [-0.15, -0.1) is 0 Å². The van der Waals surface area contributed by atoms with Crippen LogP contribution >= 0.6 is 0 Å². The Morgan fingerprint density at radius 3 is 2.87 bits per heavy atom. The zero-order chi connectivity index (χ0) is 11.3. The van der Waals surface area contributed by atoms with Crippen molar-refractivity contribution in [2.45, 2.75) is 32.4 Å². The minimum absolute atomic E-state index is 0.253. The van der Waals surface area contributed by atoms with Gasteiger partial charge >= 0.3 is 0 Å². The molecular weight excluding hydrogens is 190 g/mol. The van der Waals surface area contributed by atoms with Crippen molar-refractivity contribution in [1.82, 2.24) is 10.3 Å². The Balaban J connectivity index is 2.80. The number of carbonyl (C=O) groups is 1. The molecule has 0 radical (unpaired) electrons. The fourth-order valence-corrected chi connectivity index (χ4v) is 1.29. The first-order chi connectivity index (χ1) is 7.15. The van der Waals surface area contributed by atoms with Gasteiger partial charge < -0.3 is 5.73 Å². The first-order valence-electron chi connectivity index (χ1n) is 5.10. The molecule has 1 rings (SSSR count). The molecule has 1 aromatic rings. The lowest BCUT2D eigenvalue weighted by Gasteiger charge is -2.19. The molecule has 82 valence electrons. The second-order valence-corrected chi connectivity index (χ2v) is 3.60. The van der Waals surface area contributed by atoms with Crippen LogP contribution in [0.1, 0.15) is 31.9 Å². The number of nitrogens with one attached hydrogen (secondary N) is 1. The number of nitrogens with zero attached hydrogens (tertiary/aromatic N) is 1. The van der Waals surface area contributed by atoms with E-state index >= 15 is 0 Å². The summed E-state index contributed by atoms with van der Waals surface area (Å²) in [6, 6.07) is 3.44. The van der Waals surface area contributed by atoms with Crippen LogP contribution in [0.25, 0.3) is 0 Å². The van der Waals surface area contributed by atoms with Crippen LogP contribution in [0.2, 0.25) is 0 Å². The van der Waals surface area contributed by atoms with Gasteiger partial charge in [-0.1, -0.05) is 13.0 Å². The second-order valence-electron chi connectivity index (χ2n) is 3.60. The van der Waals surface area contributed by atoms with Gasteiger partial charge in [0.25, 0.3) is 0 Å². The predicted octanol–water partition coefficient (Wildman–Crippen LogP) is 0.996. The third kappa shape index (κ3) is 3.32. The monoisotopic (exact) mass is 207 g/mol. The molecule has 0 aromatic carbocycles. The van der Waals surface area contributed by atoms with Crippen molar-refractivity contribution in [3.63, 3.8) is 0 Å². The highest BCUT2D eigenvalue weighted by molar-refractivity contribution is 5.81. The maximum absolute atomic E-state index is 11.3. The lowest BCUT2D eigenvalue weighted by atomic mass is 10.1. The van der Waals surface area contributed by atoms with Crippen molar-refractivity contribution < 1.29 is 4.79 Å². The maximum atomic E-state index is 11.3. The van der Waals surface area contributed by atoms with Gasteiger partial charge in [0.15, 0.2) is 0 Å².